The molecule has 0 amide bonds. The van der Waals surface area contributed by atoms with Crippen LogP contribution < -0.4 is 0 Å². The van der Waals surface area contributed by atoms with Gasteiger partial charge >= 0.3 is 0 Å². The summed E-state index contributed by atoms with van der Waals surface area (Å²) in [5.74, 6) is -1.14. The second kappa shape index (κ2) is 3.13. The molecule has 96 valence electrons. The van der Waals surface area contributed by atoms with Crippen LogP contribution in [0.15, 0.2) is 23.3 Å². The molecule has 4 aliphatic rings. The van der Waals surface area contributed by atoms with Gasteiger partial charge in [0.1, 0.15) is 6.10 Å². The molecule has 2 atom stereocenters. The smallest absolute Gasteiger partial charge is 0.205 e. The highest BCUT2D eigenvalue weighted by Crippen LogP contribution is 2.67. The average Bonchev–Trinajstić information content (AvgIpc) is 2.85. The number of aliphatic hydroxyl groups excluding tert-OH is 1. The minimum Gasteiger partial charge on any atom is -0.386 e. The van der Waals surface area contributed by atoms with Crippen molar-refractivity contribution >= 4 is 5.78 Å². The molecule has 1 N–H and O–H groups in total. The van der Waals surface area contributed by atoms with E-state index in [1.165, 1.54) is 0 Å². The maximum absolute atomic E-state index is 11.9. The van der Waals surface area contributed by atoms with Gasteiger partial charge in [-0.15, -0.1) is 0 Å². The van der Waals surface area contributed by atoms with Crippen molar-refractivity contribution in [3.63, 3.8) is 0 Å². The molecule has 2 fully saturated rings. The molecule has 0 bridgehead atoms. The standard InChI is InChI=1S/C14H16O4/c1-8-11-9(2-3-10(11)15)12(16)14(13(8)4-5-13)17-6-7-18-14/h2-3,9,12,16H,4-7H2,1H3/t9?,12-/m1/s1. The molecule has 0 aromatic carbocycles. The molecule has 0 aromatic heterocycles. The first-order chi connectivity index (χ1) is 8.62. The molecule has 4 heteroatoms. The van der Waals surface area contributed by atoms with E-state index in [4.69, 9.17) is 9.47 Å². The summed E-state index contributed by atoms with van der Waals surface area (Å²) in [4.78, 5) is 11.9. The van der Waals surface area contributed by atoms with Crippen molar-refractivity contribution in [3.8, 4) is 0 Å². The molecule has 0 radical (unpaired) electrons. The predicted octanol–water partition coefficient (Wildman–Crippen LogP) is 0.956. The number of hydrogen-bond donors (Lipinski definition) is 1. The first-order valence-electron chi connectivity index (χ1n) is 6.52. The third kappa shape index (κ3) is 0.977. The molecule has 1 unspecified atom stereocenters. The number of carbonyl (C=O) groups is 1. The minimum atomic E-state index is -0.916. The van der Waals surface area contributed by atoms with Gasteiger partial charge in [0, 0.05) is 16.9 Å². The second-order valence-electron chi connectivity index (χ2n) is 5.68. The highest BCUT2D eigenvalue weighted by atomic mass is 16.7. The van der Waals surface area contributed by atoms with Crippen LogP contribution in [0.3, 0.4) is 0 Å². The molecule has 1 aliphatic heterocycles. The van der Waals surface area contributed by atoms with Crippen LogP contribution in [0.1, 0.15) is 19.8 Å². The summed E-state index contributed by atoms with van der Waals surface area (Å²) in [6.07, 6.45) is 4.44. The van der Waals surface area contributed by atoms with Gasteiger partial charge in [0.05, 0.1) is 13.2 Å². The summed E-state index contributed by atoms with van der Waals surface area (Å²) in [5.41, 5.74) is 1.57. The van der Waals surface area contributed by atoms with Crippen LogP contribution in [-0.4, -0.2) is 36.0 Å². The van der Waals surface area contributed by atoms with Crippen LogP contribution in [0.2, 0.25) is 0 Å². The molecular weight excluding hydrogens is 232 g/mol. The number of rotatable bonds is 0. The third-order valence-electron chi connectivity index (χ3n) is 5.04. The Balaban J connectivity index is 1.93. The van der Waals surface area contributed by atoms with E-state index in [1.54, 1.807) is 12.2 Å². The molecule has 3 aliphatic carbocycles. The van der Waals surface area contributed by atoms with Gasteiger partial charge in [0.15, 0.2) is 5.78 Å². The van der Waals surface area contributed by atoms with Crippen molar-refractivity contribution < 1.29 is 19.4 Å². The van der Waals surface area contributed by atoms with E-state index in [0.717, 1.165) is 24.0 Å². The highest BCUT2D eigenvalue weighted by Gasteiger charge is 2.71. The number of aliphatic hydroxyl groups is 1. The first kappa shape index (κ1) is 10.9. The van der Waals surface area contributed by atoms with Crippen molar-refractivity contribution in [1.82, 2.24) is 0 Å². The zero-order chi connectivity index (χ0) is 12.5. The van der Waals surface area contributed by atoms with Gasteiger partial charge in [-0.05, 0) is 25.8 Å². The summed E-state index contributed by atoms with van der Waals surface area (Å²) in [5, 5.41) is 10.7. The number of allylic oxidation sites excluding steroid dienone is 1. The molecule has 1 heterocycles. The predicted molar refractivity (Wildman–Crippen MR) is 62.6 cm³/mol. The van der Waals surface area contributed by atoms with Crippen LogP contribution in [0, 0.1) is 11.3 Å². The van der Waals surface area contributed by atoms with Gasteiger partial charge in [-0.1, -0.05) is 11.6 Å². The van der Waals surface area contributed by atoms with Gasteiger partial charge < -0.3 is 14.6 Å². The molecule has 1 saturated heterocycles. The Kier molecular flexibility index (Phi) is 1.89. The topological polar surface area (TPSA) is 55.8 Å². The molecule has 0 aromatic rings. The van der Waals surface area contributed by atoms with E-state index in [2.05, 4.69) is 0 Å². The SMILES string of the molecule is CC1=C2C(=O)C=CC2[C@@H](O)C2(OCCO2)C12CC2. The molecular formula is C14H16O4. The van der Waals surface area contributed by atoms with E-state index >= 15 is 0 Å². The van der Waals surface area contributed by atoms with Crippen molar-refractivity contribution in [1.29, 1.82) is 0 Å². The van der Waals surface area contributed by atoms with Crippen LogP contribution in [0.25, 0.3) is 0 Å². The lowest BCUT2D eigenvalue weighted by atomic mass is 9.69. The van der Waals surface area contributed by atoms with Gasteiger partial charge in [0.2, 0.25) is 5.79 Å². The fourth-order valence-corrected chi connectivity index (χ4v) is 4.00. The normalized spacial score (nSPS) is 38.9. The van der Waals surface area contributed by atoms with Crippen molar-refractivity contribution in [2.75, 3.05) is 13.2 Å². The monoisotopic (exact) mass is 248 g/mol. The Bertz CT molecular complexity index is 492. The number of ether oxygens (including phenoxy) is 2. The lowest BCUT2D eigenvalue weighted by molar-refractivity contribution is -0.264. The largest absolute Gasteiger partial charge is 0.386 e. The van der Waals surface area contributed by atoms with Crippen molar-refractivity contribution in [2.45, 2.75) is 31.7 Å². The zero-order valence-electron chi connectivity index (χ0n) is 10.3. The van der Waals surface area contributed by atoms with E-state index in [-0.39, 0.29) is 17.1 Å². The fraction of sp³-hybridized carbons (Fsp3) is 0.643. The van der Waals surface area contributed by atoms with Crippen molar-refractivity contribution in [2.24, 2.45) is 11.3 Å². The van der Waals surface area contributed by atoms with Gasteiger partial charge in [-0.3, -0.25) is 4.79 Å². The third-order valence-corrected chi connectivity index (χ3v) is 5.04. The Morgan fingerprint density at radius 1 is 1.33 bits per heavy atom. The minimum absolute atomic E-state index is 0.0377. The fourth-order valence-electron chi connectivity index (χ4n) is 4.00. The molecule has 18 heavy (non-hydrogen) atoms. The van der Waals surface area contributed by atoms with Crippen LogP contribution in [0.5, 0.6) is 0 Å². The summed E-state index contributed by atoms with van der Waals surface area (Å²) < 4.78 is 11.7. The molecule has 4 nitrogen and oxygen atoms in total. The summed E-state index contributed by atoms with van der Waals surface area (Å²) >= 11 is 0. The number of ketones is 1. The average molecular weight is 248 g/mol. The van der Waals surface area contributed by atoms with Gasteiger partial charge in [-0.2, -0.15) is 0 Å². The Labute approximate surface area is 105 Å². The number of fused-ring (bicyclic) bond motifs is 2. The zero-order valence-corrected chi connectivity index (χ0v) is 10.3. The van der Waals surface area contributed by atoms with E-state index < -0.39 is 11.9 Å². The van der Waals surface area contributed by atoms with Crippen LogP contribution in [-0.2, 0) is 14.3 Å². The summed E-state index contributed by atoms with van der Waals surface area (Å²) in [6.45, 7) is 3.04. The second-order valence-corrected chi connectivity index (χ2v) is 5.68. The highest BCUT2D eigenvalue weighted by molar-refractivity contribution is 6.08. The number of carbonyl (C=O) groups excluding carboxylic acids is 1. The van der Waals surface area contributed by atoms with E-state index in [1.807, 2.05) is 6.92 Å². The summed E-state index contributed by atoms with van der Waals surface area (Å²) in [7, 11) is 0. The lowest BCUT2D eigenvalue weighted by Crippen LogP contribution is -2.57. The van der Waals surface area contributed by atoms with Gasteiger partial charge in [0.25, 0.3) is 0 Å². The first-order valence-corrected chi connectivity index (χ1v) is 6.52. The summed E-state index contributed by atoms with van der Waals surface area (Å²) in [6, 6.07) is 0. The van der Waals surface area contributed by atoms with Crippen molar-refractivity contribution in [3.05, 3.63) is 23.3 Å². The maximum atomic E-state index is 11.9. The van der Waals surface area contributed by atoms with Gasteiger partial charge in [-0.25, -0.2) is 0 Å². The number of hydrogen-bond acceptors (Lipinski definition) is 4. The molecule has 1 saturated carbocycles. The van der Waals surface area contributed by atoms with E-state index in [0.29, 0.717) is 13.2 Å². The quantitative estimate of drug-likeness (QED) is 0.693. The Morgan fingerprint density at radius 2 is 2.00 bits per heavy atom. The van der Waals surface area contributed by atoms with E-state index in [9.17, 15) is 9.90 Å². The lowest BCUT2D eigenvalue weighted by Gasteiger charge is -2.46. The molecule has 4 rings (SSSR count). The van der Waals surface area contributed by atoms with Crippen LogP contribution >= 0.6 is 0 Å². The Morgan fingerprint density at radius 3 is 2.61 bits per heavy atom. The Hall–Kier alpha value is -0.970. The van der Waals surface area contributed by atoms with Crippen LogP contribution in [0.4, 0.5) is 0 Å². The maximum Gasteiger partial charge on any atom is 0.205 e. The molecule has 2 spiro atoms.